The zero-order valence-electron chi connectivity index (χ0n) is 30.0. The first-order chi connectivity index (χ1) is 27.8. The zero-order valence-corrected chi connectivity index (χ0v) is 30.0. The van der Waals surface area contributed by atoms with E-state index in [1.165, 1.54) is 70.5 Å². The third kappa shape index (κ3) is 3.90. The van der Waals surface area contributed by atoms with Gasteiger partial charge >= 0.3 is 0 Å². The van der Waals surface area contributed by atoms with Crippen molar-refractivity contribution in [1.29, 1.82) is 0 Å². The molecule has 13 rings (SSSR count). The third-order valence-electron chi connectivity index (χ3n) is 11.8. The van der Waals surface area contributed by atoms with Crippen molar-refractivity contribution in [3.05, 3.63) is 176 Å². The van der Waals surface area contributed by atoms with Gasteiger partial charge in [0.25, 0.3) is 0 Å². The molecule has 258 valence electrons. The molecule has 0 aliphatic carbocycles. The summed E-state index contributed by atoms with van der Waals surface area (Å²) in [5.74, 6) is 1.94. The first kappa shape index (κ1) is 29.8. The Bertz CT molecular complexity index is 3690. The van der Waals surface area contributed by atoms with Crippen molar-refractivity contribution in [1.82, 2.24) is 23.8 Å². The number of aromatic nitrogens is 5. The van der Waals surface area contributed by atoms with E-state index in [-0.39, 0.29) is 0 Å². The van der Waals surface area contributed by atoms with Crippen LogP contribution in [0.2, 0.25) is 0 Å². The summed E-state index contributed by atoms with van der Waals surface area (Å²) in [6, 6.07) is 63.1. The SMILES string of the molecule is c1ccc(-c2nc(-c3ccccc3)nc(-c3cc4c5ccccc5n5c6cc7ccccc7c7c8ccccc8n(c8cccc9ccc3c(c98)c45)c76)n2)cc1. The van der Waals surface area contributed by atoms with Gasteiger partial charge in [-0.05, 0) is 51.9 Å². The molecule has 56 heavy (non-hydrogen) atoms. The second kappa shape index (κ2) is 11.0. The lowest BCUT2D eigenvalue weighted by Crippen LogP contribution is -2.01. The van der Waals surface area contributed by atoms with Gasteiger partial charge in [0.15, 0.2) is 17.5 Å². The minimum Gasteiger partial charge on any atom is -0.307 e. The van der Waals surface area contributed by atoms with Crippen molar-refractivity contribution in [2.24, 2.45) is 0 Å². The second-order valence-corrected chi connectivity index (χ2v) is 14.8. The van der Waals surface area contributed by atoms with Crippen LogP contribution in [0.25, 0.3) is 121 Å². The monoisotopic (exact) mass is 711 g/mol. The first-order valence-electron chi connectivity index (χ1n) is 19.0. The smallest absolute Gasteiger partial charge is 0.164 e. The molecule has 0 amide bonds. The van der Waals surface area contributed by atoms with Gasteiger partial charge in [0.05, 0.1) is 33.1 Å². The van der Waals surface area contributed by atoms with Gasteiger partial charge in [-0.2, -0.15) is 0 Å². The maximum atomic E-state index is 5.28. The summed E-state index contributed by atoms with van der Waals surface area (Å²) < 4.78 is 5.06. The molecule has 0 atom stereocenters. The summed E-state index contributed by atoms with van der Waals surface area (Å²) in [5, 5.41) is 12.0. The Morgan fingerprint density at radius 3 is 1.62 bits per heavy atom. The minimum atomic E-state index is 0.648. The number of benzene rings is 9. The number of hydrogen-bond donors (Lipinski definition) is 0. The molecule has 0 saturated heterocycles. The van der Waals surface area contributed by atoms with Gasteiger partial charge in [-0.15, -0.1) is 0 Å². The molecule has 4 aromatic heterocycles. The average molecular weight is 712 g/mol. The molecule has 0 aliphatic heterocycles. The number of para-hydroxylation sites is 2. The van der Waals surface area contributed by atoms with E-state index in [0.29, 0.717) is 17.5 Å². The lowest BCUT2D eigenvalue weighted by Gasteiger charge is -2.17. The zero-order chi connectivity index (χ0) is 36.5. The fraction of sp³-hybridized carbons (Fsp3) is 0. The lowest BCUT2D eigenvalue weighted by molar-refractivity contribution is 1.08. The van der Waals surface area contributed by atoms with E-state index < -0.39 is 0 Å². The van der Waals surface area contributed by atoms with Crippen molar-refractivity contribution in [2.45, 2.75) is 0 Å². The molecule has 0 bridgehead atoms. The Hall–Kier alpha value is -7.63. The first-order valence-corrected chi connectivity index (χ1v) is 19.0. The highest BCUT2D eigenvalue weighted by Crippen LogP contribution is 2.47. The molecule has 0 saturated carbocycles. The van der Waals surface area contributed by atoms with Crippen molar-refractivity contribution in [3.63, 3.8) is 0 Å². The summed E-state index contributed by atoms with van der Waals surface area (Å²) in [6.45, 7) is 0. The summed E-state index contributed by atoms with van der Waals surface area (Å²) >= 11 is 0. The van der Waals surface area contributed by atoms with Crippen LogP contribution in [0.3, 0.4) is 0 Å². The quantitative estimate of drug-likeness (QED) is 0.171. The van der Waals surface area contributed by atoms with Crippen LogP contribution in [0.1, 0.15) is 0 Å². The fourth-order valence-corrected chi connectivity index (χ4v) is 9.50. The van der Waals surface area contributed by atoms with Gasteiger partial charge in [-0.25, -0.2) is 15.0 Å². The van der Waals surface area contributed by atoms with Crippen molar-refractivity contribution >= 4 is 87.0 Å². The molecule has 4 heterocycles. The summed E-state index contributed by atoms with van der Waals surface area (Å²) in [7, 11) is 0. The molecule has 0 spiro atoms. The van der Waals surface area contributed by atoms with E-state index >= 15 is 0 Å². The Morgan fingerprint density at radius 1 is 0.304 bits per heavy atom. The van der Waals surface area contributed by atoms with Crippen LogP contribution in [0, 0.1) is 0 Å². The number of nitrogens with zero attached hydrogens (tertiary/aromatic N) is 5. The highest BCUT2D eigenvalue weighted by Gasteiger charge is 2.25. The number of fused-ring (bicyclic) bond motifs is 10. The summed E-state index contributed by atoms with van der Waals surface area (Å²) in [4.78, 5) is 15.6. The van der Waals surface area contributed by atoms with Crippen LogP contribution in [0.4, 0.5) is 0 Å². The Kier molecular flexibility index (Phi) is 5.83. The molecule has 0 aliphatic rings. The Balaban J connectivity index is 1.31. The largest absolute Gasteiger partial charge is 0.307 e. The third-order valence-corrected chi connectivity index (χ3v) is 11.8. The molecule has 0 radical (unpaired) electrons. The predicted octanol–water partition coefficient (Wildman–Crippen LogP) is 12.9. The highest BCUT2D eigenvalue weighted by molar-refractivity contribution is 6.34. The van der Waals surface area contributed by atoms with Gasteiger partial charge in [-0.3, -0.25) is 0 Å². The van der Waals surface area contributed by atoms with Crippen molar-refractivity contribution in [3.8, 4) is 34.2 Å². The summed E-state index contributed by atoms with van der Waals surface area (Å²) in [5.41, 5.74) is 9.96. The molecule has 13 aromatic rings. The van der Waals surface area contributed by atoms with Crippen LogP contribution in [0.5, 0.6) is 0 Å². The topological polar surface area (TPSA) is 47.5 Å². The maximum absolute atomic E-state index is 5.28. The van der Waals surface area contributed by atoms with Crippen molar-refractivity contribution in [2.75, 3.05) is 0 Å². The maximum Gasteiger partial charge on any atom is 0.164 e. The molecule has 5 heteroatoms. The van der Waals surface area contributed by atoms with E-state index in [1.54, 1.807) is 0 Å². The molecule has 0 unspecified atom stereocenters. The molecule has 5 nitrogen and oxygen atoms in total. The lowest BCUT2D eigenvalue weighted by atomic mass is 9.94. The van der Waals surface area contributed by atoms with Gasteiger partial charge in [0.1, 0.15) is 0 Å². The molecule has 0 N–H and O–H groups in total. The standard InChI is InChI=1S/C51H29N5/c1-3-14-31(15-4-1)49-52-50(32-16-5-2-6-17-32)54-51(53-49)39-29-38-35-21-9-11-23-40(35)56-43-28-33-18-7-8-20-34(33)45-37-22-10-12-24-41(37)55(48(43)45)42-25-13-19-30-26-27-36(39)46(44(30)42)47(38)56/h1-29H. The van der Waals surface area contributed by atoms with Gasteiger partial charge < -0.3 is 8.80 Å². The molecular weight excluding hydrogens is 683 g/mol. The predicted molar refractivity (Wildman–Crippen MR) is 232 cm³/mol. The molecular formula is C51H29N5. The van der Waals surface area contributed by atoms with E-state index in [4.69, 9.17) is 15.0 Å². The number of rotatable bonds is 3. The Morgan fingerprint density at radius 2 is 0.875 bits per heavy atom. The van der Waals surface area contributed by atoms with Crippen LogP contribution in [-0.4, -0.2) is 23.8 Å². The fourth-order valence-electron chi connectivity index (χ4n) is 9.50. The number of hydrogen-bond acceptors (Lipinski definition) is 3. The molecule has 9 aromatic carbocycles. The average Bonchev–Trinajstić information content (AvgIpc) is 3.79. The van der Waals surface area contributed by atoms with Gasteiger partial charge in [0.2, 0.25) is 0 Å². The minimum absolute atomic E-state index is 0.648. The highest BCUT2D eigenvalue weighted by atomic mass is 15.0. The second-order valence-electron chi connectivity index (χ2n) is 14.8. The van der Waals surface area contributed by atoms with E-state index in [2.05, 4.69) is 148 Å². The van der Waals surface area contributed by atoms with Crippen LogP contribution in [0.15, 0.2) is 176 Å². The van der Waals surface area contributed by atoms with Crippen molar-refractivity contribution < 1.29 is 0 Å². The summed E-state index contributed by atoms with van der Waals surface area (Å²) in [6.07, 6.45) is 0. The van der Waals surface area contributed by atoms with Crippen LogP contribution >= 0.6 is 0 Å². The van der Waals surface area contributed by atoms with E-state index in [0.717, 1.165) is 33.1 Å². The Labute approximate surface area is 319 Å². The van der Waals surface area contributed by atoms with Crippen LogP contribution in [-0.2, 0) is 0 Å². The van der Waals surface area contributed by atoms with Gasteiger partial charge in [0, 0.05) is 49.0 Å². The van der Waals surface area contributed by atoms with E-state index in [9.17, 15) is 0 Å². The van der Waals surface area contributed by atoms with Crippen LogP contribution < -0.4 is 0 Å². The van der Waals surface area contributed by atoms with Gasteiger partial charge in [-0.1, -0.05) is 146 Å². The molecule has 0 fully saturated rings. The van der Waals surface area contributed by atoms with E-state index in [1.807, 2.05) is 36.4 Å². The normalized spacial score (nSPS) is 12.3.